The third-order valence-corrected chi connectivity index (χ3v) is 2.74. The molecule has 3 heteroatoms. The molecule has 0 atom stereocenters. The molecule has 2 aromatic rings. The van der Waals surface area contributed by atoms with Gasteiger partial charge in [0, 0.05) is 0 Å². The van der Waals surface area contributed by atoms with Gasteiger partial charge in [0.25, 0.3) is 6.43 Å². The molecule has 0 heterocycles. The van der Waals surface area contributed by atoms with Gasteiger partial charge >= 0.3 is 0 Å². The molecule has 0 amide bonds. The van der Waals surface area contributed by atoms with Crippen molar-refractivity contribution in [2.75, 3.05) is 0 Å². The molecule has 0 saturated heterocycles. The predicted molar refractivity (Wildman–Crippen MR) is 61.9 cm³/mol. The Labute approximate surface area is 98.3 Å². The molecule has 0 bridgehead atoms. The minimum Gasteiger partial charge on any atom is -0.375 e. The van der Waals surface area contributed by atoms with Crippen molar-refractivity contribution in [2.45, 2.75) is 12.0 Å². The molecule has 88 valence electrons. The first-order chi connectivity index (χ1) is 8.15. The number of alkyl halides is 2. The Morgan fingerprint density at radius 2 is 1.12 bits per heavy atom. The minimum atomic E-state index is -2.88. The minimum absolute atomic E-state index is 0.196. The highest BCUT2D eigenvalue weighted by Gasteiger charge is 2.41. The van der Waals surface area contributed by atoms with Gasteiger partial charge in [0.1, 0.15) is 0 Å². The monoisotopic (exact) mass is 234 g/mol. The molecule has 2 aromatic carbocycles. The summed E-state index contributed by atoms with van der Waals surface area (Å²) in [6.07, 6.45) is -2.88. The standard InChI is InChI=1S/C14H12F2O/c15-13(16)14(17,11-7-3-1-4-8-11)12-9-5-2-6-10-12/h1-10,13,17H. The van der Waals surface area contributed by atoms with E-state index in [1.807, 2.05) is 0 Å². The maximum Gasteiger partial charge on any atom is 0.275 e. The molecule has 0 aliphatic heterocycles. The maximum atomic E-state index is 13.2. The molecule has 2 rings (SSSR count). The van der Waals surface area contributed by atoms with Gasteiger partial charge in [-0.1, -0.05) is 60.7 Å². The lowest BCUT2D eigenvalue weighted by Gasteiger charge is -2.28. The first-order valence-corrected chi connectivity index (χ1v) is 5.27. The van der Waals surface area contributed by atoms with Crippen molar-refractivity contribution in [3.63, 3.8) is 0 Å². The Morgan fingerprint density at radius 3 is 1.41 bits per heavy atom. The zero-order chi connectivity index (χ0) is 12.3. The molecule has 0 radical (unpaired) electrons. The fourth-order valence-electron chi connectivity index (χ4n) is 1.80. The number of rotatable bonds is 3. The van der Waals surface area contributed by atoms with Crippen LogP contribution in [0.25, 0.3) is 0 Å². The van der Waals surface area contributed by atoms with Crippen LogP contribution in [0.3, 0.4) is 0 Å². The number of benzene rings is 2. The summed E-state index contributed by atoms with van der Waals surface area (Å²) < 4.78 is 26.4. The lowest BCUT2D eigenvalue weighted by Crippen LogP contribution is -2.35. The van der Waals surface area contributed by atoms with E-state index in [0.29, 0.717) is 0 Å². The van der Waals surface area contributed by atoms with Crippen LogP contribution in [0.1, 0.15) is 11.1 Å². The molecule has 17 heavy (non-hydrogen) atoms. The van der Waals surface area contributed by atoms with Gasteiger partial charge in [0.05, 0.1) is 0 Å². The van der Waals surface area contributed by atoms with Crippen LogP contribution in [0, 0.1) is 0 Å². The van der Waals surface area contributed by atoms with Gasteiger partial charge in [-0.2, -0.15) is 0 Å². The van der Waals surface area contributed by atoms with Crippen molar-refractivity contribution in [3.8, 4) is 0 Å². The highest BCUT2D eigenvalue weighted by Crippen LogP contribution is 2.35. The van der Waals surface area contributed by atoms with Gasteiger partial charge in [-0.15, -0.1) is 0 Å². The van der Waals surface area contributed by atoms with Gasteiger partial charge in [-0.3, -0.25) is 0 Å². The number of hydrogen-bond donors (Lipinski definition) is 1. The SMILES string of the molecule is OC(c1ccccc1)(c1ccccc1)C(F)F. The second kappa shape index (κ2) is 4.63. The van der Waals surface area contributed by atoms with Crippen molar-refractivity contribution in [2.24, 2.45) is 0 Å². The zero-order valence-corrected chi connectivity index (χ0v) is 9.05. The Balaban J connectivity index is 2.55. The van der Waals surface area contributed by atoms with Crippen LogP contribution in [0.15, 0.2) is 60.7 Å². The summed E-state index contributed by atoms with van der Waals surface area (Å²) in [6.45, 7) is 0. The normalized spacial score (nSPS) is 11.8. The second-order valence-electron chi connectivity index (χ2n) is 3.80. The van der Waals surface area contributed by atoms with E-state index in [1.54, 1.807) is 36.4 Å². The van der Waals surface area contributed by atoms with Crippen LogP contribution in [-0.2, 0) is 5.60 Å². The first kappa shape index (κ1) is 11.7. The molecule has 0 saturated carbocycles. The largest absolute Gasteiger partial charge is 0.375 e. The third kappa shape index (κ3) is 2.06. The maximum absolute atomic E-state index is 13.2. The lowest BCUT2D eigenvalue weighted by molar-refractivity contribution is -0.0718. The summed E-state index contributed by atoms with van der Waals surface area (Å²) in [5.41, 5.74) is -1.86. The molecule has 0 aliphatic carbocycles. The summed E-state index contributed by atoms with van der Waals surface area (Å²) in [7, 11) is 0. The van der Waals surface area contributed by atoms with E-state index in [9.17, 15) is 13.9 Å². The highest BCUT2D eigenvalue weighted by atomic mass is 19.3. The van der Waals surface area contributed by atoms with Gasteiger partial charge in [-0.05, 0) is 11.1 Å². The van der Waals surface area contributed by atoms with Crippen molar-refractivity contribution >= 4 is 0 Å². The summed E-state index contributed by atoms with van der Waals surface area (Å²) in [6, 6.07) is 16.0. The van der Waals surface area contributed by atoms with Gasteiger partial charge in [-0.25, -0.2) is 8.78 Å². The van der Waals surface area contributed by atoms with Crippen molar-refractivity contribution in [1.29, 1.82) is 0 Å². The second-order valence-corrected chi connectivity index (χ2v) is 3.80. The average Bonchev–Trinajstić information content (AvgIpc) is 2.39. The topological polar surface area (TPSA) is 20.2 Å². The summed E-state index contributed by atoms with van der Waals surface area (Å²) in [4.78, 5) is 0. The van der Waals surface area contributed by atoms with E-state index in [-0.39, 0.29) is 11.1 Å². The van der Waals surface area contributed by atoms with E-state index < -0.39 is 12.0 Å². The van der Waals surface area contributed by atoms with Gasteiger partial charge in [0.15, 0.2) is 5.60 Å². The molecule has 1 N–H and O–H groups in total. The highest BCUT2D eigenvalue weighted by molar-refractivity contribution is 5.36. The average molecular weight is 234 g/mol. The third-order valence-electron chi connectivity index (χ3n) is 2.74. The number of hydrogen-bond acceptors (Lipinski definition) is 1. The molecule has 0 aromatic heterocycles. The quantitative estimate of drug-likeness (QED) is 0.864. The van der Waals surface area contributed by atoms with Gasteiger partial charge < -0.3 is 5.11 Å². The lowest BCUT2D eigenvalue weighted by atomic mass is 9.87. The van der Waals surface area contributed by atoms with Crippen LogP contribution in [0.5, 0.6) is 0 Å². The summed E-state index contributed by atoms with van der Waals surface area (Å²) in [5.74, 6) is 0. The molecule has 1 nitrogen and oxygen atoms in total. The molecule has 0 fully saturated rings. The van der Waals surface area contributed by atoms with Crippen LogP contribution in [-0.4, -0.2) is 11.5 Å². The fourth-order valence-corrected chi connectivity index (χ4v) is 1.80. The Morgan fingerprint density at radius 1 is 0.765 bits per heavy atom. The number of halogens is 2. The molecular weight excluding hydrogens is 222 g/mol. The summed E-state index contributed by atoms with van der Waals surface area (Å²) in [5, 5.41) is 10.3. The van der Waals surface area contributed by atoms with Gasteiger partial charge in [0.2, 0.25) is 0 Å². The molecule has 0 spiro atoms. The van der Waals surface area contributed by atoms with Crippen LogP contribution < -0.4 is 0 Å². The Bertz CT molecular complexity index is 429. The van der Waals surface area contributed by atoms with Crippen LogP contribution >= 0.6 is 0 Å². The van der Waals surface area contributed by atoms with E-state index in [4.69, 9.17) is 0 Å². The smallest absolute Gasteiger partial charge is 0.275 e. The van der Waals surface area contributed by atoms with E-state index in [2.05, 4.69) is 0 Å². The van der Waals surface area contributed by atoms with Crippen molar-refractivity contribution in [3.05, 3.63) is 71.8 Å². The van der Waals surface area contributed by atoms with Crippen molar-refractivity contribution < 1.29 is 13.9 Å². The Kier molecular flexibility index (Phi) is 3.20. The Hall–Kier alpha value is -1.74. The fraction of sp³-hybridized carbons (Fsp3) is 0.143. The van der Waals surface area contributed by atoms with E-state index in [0.717, 1.165) is 0 Å². The molecule has 0 unspecified atom stereocenters. The number of aliphatic hydroxyl groups is 1. The van der Waals surface area contributed by atoms with E-state index in [1.165, 1.54) is 24.3 Å². The van der Waals surface area contributed by atoms with Crippen LogP contribution in [0.4, 0.5) is 8.78 Å². The zero-order valence-electron chi connectivity index (χ0n) is 9.05. The molecular formula is C14H12F2O. The van der Waals surface area contributed by atoms with Crippen molar-refractivity contribution in [1.82, 2.24) is 0 Å². The first-order valence-electron chi connectivity index (χ1n) is 5.27. The van der Waals surface area contributed by atoms with E-state index >= 15 is 0 Å². The van der Waals surface area contributed by atoms with Crippen LogP contribution in [0.2, 0.25) is 0 Å². The summed E-state index contributed by atoms with van der Waals surface area (Å²) >= 11 is 0. The predicted octanol–water partition coefficient (Wildman–Crippen LogP) is 3.19. The molecule has 0 aliphatic rings.